The third kappa shape index (κ3) is 63.8. The zero-order chi connectivity index (χ0) is 56.4. The Morgan fingerprint density at radius 1 is 0.346 bits per heavy atom. The van der Waals surface area contributed by atoms with Gasteiger partial charge in [0.25, 0.3) is 0 Å². The molecule has 2 unspecified atom stereocenters. The standard InChI is InChI=1S/C72H141NO5/c1-3-5-7-9-11-13-15-17-19-21-34-38-42-46-50-54-58-62-66-72(77)78-67-63-59-55-51-47-43-39-35-32-30-28-26-24-22-23-25-27-29-31-33-37-41-45-49-53-57-61-65-71(76)73-69(68-74)70(75)64-60-56-52-48-44-40-36-20-18-16-14-12-10-8-6-4-2/h60,64,69-70,74-75H,3-59,61-63,65-68H2,1-2H3,(H,73,76)/b64-60+. The van der Waals surface area contributed by atoms with Crippen LogP contribution in [-0.4, -0.2) is 47.4 Å². The van der Waals surface area contributed by atoms with Crippen LogP contribution in [0.15, 0.2) is 12.2 Å². The van der Waals surface area contributed by atoms with Crippen LogP contribution in [0.25, 0.3) is 0 Å². The molecule has 0 bridgehead atoms. The molecule has 0 aliphatic heterocycles. The molecule has 0 aromatic carbocycles. The van der Waals surface area contributed by atoms with E-state index in [9.17, 15) is 19.8 Å². The summed E-state index contributed by atoms with van der Waals surface area (Å²) in [6.07, 6.45) is 84.4. The first-order chi connectivity index (χ1) is 38.5. The summed E-state index contributed by atoms with van der Waals surface area (Å²) in [7, 11) is 0. The van der Waals surface area contributed by atoms with Gasteiger partial charge in [0.1, 0.15) is 0 Å². The van der Waals surface area contributed by atoms with E-state index in [0.29, 0.717) is 19.4 Å². The lowest BCUT2D eigenvalue weighted by Crippen LogP contribution is -2.45. The second-order valence-electron chi connectivity index (χ2n) is 24.9. The number of hydrogen-bond acceptors (Lipinski definition) is 5. The normalized spacial score (nSPS) is 12.5. The zero-order valence-electron chi connectivity index (χ0n) is 53.2. The Kier molecular flexibility index (Phi) is 66.9. The molecule has 0 spiro atoms. The molecule has 0 heterocycles. The van der Waals surface area contributed by atoms with Crippen molar-refractivity contribution >= 4 is 11.9 Å². The number of nitrogens with one attached hydrogen (secondary N) is 1. The fourth-order valence-corrected chi connectivity index (χ4v) is 11.6. The zero-order valence-corrected chi connectivity index (χ0v) is 53.2. The van der Waals surface area contributed by atoms with Crippen molar-refractivity contribution in [3.05, 3.63) is 12.2 Å². The third-order valence-corrected chi connectivity index (χ3v) is 17.1. The summed E-state index contributed by atoms with van der Waals surface area (Å²) in [6.45, 7) is 4.95. The van der Waals surface area contributed by atoms with Gasteiger partial charge >= 0.3 is 5.97 Å². The second-order valence-corrected chi connectivity index (χ2v) is 24.9. The van der Waals surface area contributed by atoms with Crippen LogP contribution in [-0.2, 0) is 14.3 Å². The van der Waals surface area contributed by atoms with Gasteiger partial charge < -0.3 is 20.3 Å². The summed E-state index contributed by atoms with van der Waals surface area (Å²) in [5, 5.41) is 23.2. The van der Waals surface area contributed by atoms with Gasteiger partial charge in [0.15, 0.2) is 0 Å². The van der Waals surface area contributed by atoms with Crippen LogP contribution in [0.1, 0.15) is 412 Å². The largest absolute Gasteiger partial charge is 0.466 e. The lowest BCUT2D eigenvalue weighted by molar-refractivity contribution is -0.143. The average Bonchev–Trinajstić information content (AvgIpc) is 3.44. The molecule has 464 valence electrons. The number of rotatable bonds is 68. The maximum absolute atomic E-state index is 12.5. The van der Waals surface area contributed by atoms with Crippen molar-refractivity contribution in [2.75, 3.05) is 13.2 Å². The lowest BCUT2D eigenvalue weighted by Gasteiger charge is -2.20. The van der Waals surface area contributed by atoms with E-state index in [-0.39, 0.29) is 18.5 Å². The predicted octanol–water partition coefficient (Wildman–Crippen LogP) is 23.1. The van der Waals surface area contributed by atoms with Crippen LogP contribution in [0, 0.1) is 0 Å². The first-order valence-corrected chi connectivity index (χ1v) is 36.0. The molecule has 0 aliphatic carbocycles. The Morgan fingerprint density at radius 2 is 0.590 bits per heavy atom. The number of esters is 1. The van der Waals surface area contributed by atoms with Crippen LogP contribution in [0.3, 0.4) is 0 Å². The Hall–Kier alpha value is -1.40. The van der Waals surface area contributed by atoms with Gasteiger partial charge in [-0.3, -0.25) is 9.59 Å². The van der Waals surface area contributed by atoms with Crippen LogP contribution < -0.4 is 5.32 Å². The Labute approximate surface area is 489 Å². The van der Waals surface area contributed by atoms with E-state index in [4.69, 9.17) is 4.74 Å². The van der Waals surface area contributed by atoms with Gasteiger partial charge in [0, 0.05) is 12.8 Å². The number of aliphatic hydroxyl groups excluding tert-OH is 2. The van der Waals surface area contributed by atoms with Gasteiger partial charge in [0.2, 0.25) is 5.91 Å². The highest BCUT2D eigenvalue weighted by atomic mass is 16.5. The number of aliphatic hydroxyl groups is 2. The number of allylic oxidation sites excluding steroid dienone is 1. The Bertz CT molecular complexity index is 1180. The monoisotopic (exact) mass is 1100 g/mol. The van der Waals surface area contributed by atoms with Crippen molar-refractivity contribution in [1.29, 1.82) is 0 Å². The molecular formula is C72H141NO5. The van der Waals surface area contributed by atoms with Gasteiger partial charge in [-0.2, -0.15) is 0 Å². The summed E-state index contributed by atoms with van der Waals surface area (Å²) < 4.78 is 5.51. The first-order valence-electron chi connectivity index (χ1n) is 36.0. The molecule has 0 aromatic heterocycles. The molecular weight excluding hydrogens is 959 g/mol. The summed E-state index contributed by atoms with van der Waals surface area (Å²) >= 11 is 0. The summed E-state index contributed by atoms with van der Waals surface area (Å²) in [4.78, 5) is 24.6. The molecule has 6 heteroatoms. The number of unbranched alkanes of at least 4 members (excludes halogenated alkanes) is 57. The molecule has 6 nitrogen and oxygen atoms in total. The number of hydrogen-bond donors (Lipinski definition) is 3. The minimum atomic E-state index is -0.842. The molecule has 0 fully saturated rings. The van der Waals surface area contributed by atoms with E-state index in [0.717, 1.165) is 38.5 Å². The maximum Gasteiger partial charge on any atom is 0.305 e. The van der Waals surface area contributed by atoms with E-state index < -0.39 is 12.1 Å². The highest BCUT2D eigenvalue weighted by molar-refractivity contribution is 5.76. The van der Waals surface area contributed by atoms with Crippen molar-refractivity contribution < 1.29 is 24.5 Å². The van der Waals surface area contributed by atoms with E-state index in [1.807, 2.05) is 6.08 Å². The van der Waals surface area contributed by atoms with E-state index in [1.54, 1.807) is 6.08 Å². The molecule has 1 amide bonds. The van der Waals surface area contributed by atoms with Crippen molar-refractivity contribution in [2.24, 2.45) is 0 Å². The fraction of sp³-hybridized carbons (Fsp3) is 0.944. The summed E-state index contributed by atoms with van der Waals surface area (Å²) in [5.41, 5.74) is 0. The van der Waals surface area contributed by atoms with E-state index in [1.165, 1.54) is 347 Å². The highest BCUT2D eigenvalue weighted by Crippen LogP contribution is 2.19. The van der Waals surface area contributed by atoms with Crippen molar-refractivity contribution in [2.45, 2.75) is 424 Å². The topological polar surface area (TPSA) is 95.9 Å². The fourth-order valence-electron chi connectivity index (χ4n) is 11.6. The number of carbonyl (C=O) groups is 2. The van der Waals surface area contributed by atoms with Gasteiger partial charge in [-0.1, -0.05) is 379 Å². The SMILES string of the molecule is CCCCCCCCCCCCCCCC/C=C/C(O)C(CO)NC(=O)CCCCCCCCCCCCCCCCCCCCCCCCCCCCCOC(=O)CCCCCCCCCCCCCCCCCCCC. The van der Waals surface area contributed by atoms with Crippen LogP contribution >= 0.6 is 0 Å². The summed E-state index contributed by atoms with van der Waals surface area (Å²) in [6, 6.07) is -0.625. The number of amides is 1. The van der Waals surface area contributed by atoms with Gasteiger partial charge in [-0.15, -0.1) is 0 Å². The van der Waals surface area contributed by atoms with Gasteiger partial charge in [-0.05, 0) is 32.1 Å². The third-order valence-electron chi connectivity index (χ3n) is 17.1. The molecule has 0 radical (unpaired) electrons. The number of ether oxygens (including phenoxy) is 1. The predicted molar refractivity (Wildman–Crippen MR) is 343 cm³/mol. The van der Waals surface area contributed by atoms with Gasteiger partial charge in [-0.25, -0.2) is 0 Å². The summed E-state index contributed by atoms with van der Waals surface area (Å²) in [5.74, 6) is -0.0387. The molecule has 0 saturated carbocycles. The average molecular weight is 1100 g/mol. The van der Waals surface area contributed by atoms with Crippen LogP contribution in [0.2, 0.25) is 0 Å². The maximum atomic E-state index is 12.5. The molecule has 0 rings (SSSR count). The lowest BCUT2D eigenvalue weighted by atomic mass is 10.0. The molecule has 0 aromatic rings. The molecule has 78 heavy (non-hydrogen) atoms. The van der Waals surface area contributed by atoms with Gasteiger partial charge in [0.05, 0.1) is 25.4 Å². The van der Waals surface area contributed by atoms with Crippen LogP contribution in [0.5, 0.6) is 0 Å². The minimum Gasteiger partial charge on any atom is -0.466 e. The first kappa shape index (κ1) is 76.6. The molecule has 0 saturated heterocycles. The van der Waals surface area contributed by atoms with Crippen molar-refractivity contribution in [1.82, 2.24) is 5.32 Å². The molecule has 2 atom stereocenters. The number of carbonyl (C=O) groups excluding carboxylic acids is 2. The molecule has 3 N–H and O–H groups in total. The molecule has 0 aliphatic rings. The Morgan fingerprint density at radius 3 is 0.872 bits per heavy atom. The highest BCUT2D eigenvalue weighted by Gasteiger charge is 2.18. The quantitative estimate of drug-likeness (QED) is 0.0320. The van der Waals surface area contributed by atoms with Crippen LogP contribution in [0.4, 0.5) is 0 Å². The smallest absolute Gasteiger partial charge is 0.305 e. The second kappa shape index (κ2) is 68.1. The van der Waals surface area contributed by atoms with Crippen molar-refractivity contribution in [3.63, 3.8) is 0 Å². The minimum absolute atomic E-state index is 0.0231. The van der Waals surface area contributed by atoms with E-state index >= 15 is 0 Å². The Balaban J connectivity index is 3.34. The van der Waals surface area contributed by atoms with E-state index in [2.05, 4.69) is 19.2 Å². The van der Waals surface area contributed by atoms with Crippen molar-refractivity contribution in [3.8, 4) is 0 Å².